The molecule has 0 spiro atoms. The number of rotatable bonds is 3. The van der Waals surface area contributed by atoms with Crippen molar-refractivity contribution in [2.75, 3.05) is 6.79 Å². The summed E-state index contributed by atoms with van der Waals surface area (Å²) in [6.45, 7) is 0.745. The van der Waals surface area contributed by atoms with Crippen LogP contribution >= 0.6 is 0 Å². The van der Waals surface area contributed by atoms with Crippen LogP contribution in [0, 0.1) is 0 Å². The normalized spacial score (nSPS) is 12.6. The Bertz CT molecular complexity index is 813. The van der Waals surface area contributed by atoms with Crippen LogP contribution in [0.4, 0.5) is 0 Å². The van der Waals surface area contributed by atoms with Crippen LogP contribution in [0.25, 0.3) is 17.1 Å². The molecule has 22 heavy (non-hydrogen) atoms. The first-order valence-electron chi connectivity index (χ1n) is 6.83. The molecule has 2 aromatic carbocycles. The first-order chi connectivity index (χ1) is 10.8. The maximum Gasteiger partial charge on any atom is 0.231 e. The van der Waals surface area contributed by atoms with E-state index in [1.165, 1.54) is 0 Å². The molecule has 3 aromatic rings. The molecule has 0 radical (unpaired) electrons. The monoisotopic (exact) mass is 295 g/mol. The highest BCUT2D eigenvalue weighted by Crippen LogP contribution is 2.34. The van der Waals surface area contributed by atoms with Crippen LogP contribution in [-0.2, 0) is 6.54 Å². The van der Waals surface area contributed by atoms with E-state index in [2.05, 4.69) is 15.5 Å². The SMILES string of the molecule is NCc1ccc(-c2nnnn2-c2ccc3c(c2)OCO3)cc1. The second-order valence-corrected chi connectivity index (χ2v) is 4.85. The number of ether oxygens (including phenoxy) is 2. The Balaban J connectivity index is 1.76. The van der Waals surface area contributed by atoms with Crippen molar-refractivity contribution in [2.45, 2.75) is 6.54 Å². The highest BCUT2D eigenvalue weighted by atomic mass is 16.7. The van der Waals surface area contributed by atoms with Gasteiger partial charge in [-0.25, -0.2) is 0 Å². The Hall–Kier alpha value is -2.93. The van der Waals surface area contributed by atoms with E-state index in [0.29, 0.717) is 18.1 Å². The van der Waals surface area contributed by atoms with Gasteiger partial charge in [-0.15, -0.1) is 5.10 Å². The highest BCUT2D eigenvalue weighted by molar-refractivity contribution is 5.59. The van der Waals surface area contributed by atoms with Crippen molar-refractivity contribution in [1.29, 1.82) is 0 Å². The quantitative estimate of drug-likeness (QED) is 0.788. The molecule has 2 N–H and O–H groups in total. The summed E-state index contributed by atoms with van der Waals surface area (Å²) in [6.07, 6.45) is 0. The lowest BCUT2D eigenvalue weighted by molar-refractivity contribution is 0.174. The van der Waals surface area contributed by atoms with Crippen molar-refractivity contribution in [3.63, 3.8) is 0 Å². The van der Waals surface area contributed by atoms with Crippen molar-refractivity contribution in [2.24, 2.45) is 5.73 Å². The highest BCUT2D eigenvalue weighted by Gasteiger charge is 2.17. The number of benzene rings is 2. The van der Waals surface area contributed by atoms with Gasteiger partial charge in [-0.2, -0.15) is 4.68 Å². The van der Waals surface area contributed by atoms with Gasteiger partial charge in [0.2, 0.25) is 6.79 Å². The number of hydrogen-bond donors (Lipinski definition) is 1. The summed E-state index contributed by atoms with van der Waals surface area (Å²) >= 11 is 0. The first kappa shape index (κ1) is 12.8. The Morgan fingerprint density at radius 3 is 2.68 bits per heavy atom. The number of nitrogens with zero attached hydrogens (tertiary/aromatic N) is 4. The number of aromatic nitrogens is 4. The van der Waals surface area contributed by atoms with Gasteiger partial charge in [-0.3, -0.25) is 0 Å². The molecule has 0 bridgehead atoms. The molecule has 7 heteroatoms. The molecule has 0 amide bonds. The van der Waals surface area contributed by atoms with Crippen LogP contribution in [0.3, 0.4) is 0 Å². The van der Waals surface area contributed by atoms with Crippen LogP contribution in [-0.4, -0.2) is 27.0 Å². The van der Waals surface area contributed by atoms with Gasteiger partial charge in [0.05, 0.1) is 5.69 Å². The Labute approximate surface area is 126 Å². The molecule has 1 aromatic heterocycles. The number of hydrogen-bond acceptors (Lipinski definition) is 6. The summed E-state index contributed by atoms with van der Waals surface area (Å²) in [7, 11) is 0. The molecule has 1 aliphatic rings. The van der Waals surface area contributed by atoms with Crippen molar-refractivity contribution >= 4 is 0 Å². The minimum Gasteiger partial charge on any atom is -0.454 e. The van der Waals surface area contributed by atoms with E-state index in [1.54, 1.807) is 4.68 Å². The summed E-state index contributed by atoms with van der Waals surface area (Å²) in [5.74, 6) is 2.07. The largest absolute Gasteiger partial charge is 0.454 e. The second-order valence-electron chi connectivity index (χ2n) is 4.85. The third-order valence-electron chi connectivity index (χ3n) is 3.52. The number of fused-ring (bicyclic) bond motifs is 1. The lowest BCUT2D eigenvalue weighted by Crippen LogP contribution is -2.00. The molecule has 0 atom stereocenters. The van der Waals surface area contributed by atoms with E-state index in [1.807, 2.05) is 42.5 Å². The lowest BCUT2D eigenvalue weighted by Gasteiger charge is -2.06. The molecule has 110 valence electrons. The summed E-state index contributed by atoms with van der Waals surface area (Å²) < 4.78 is 12.4. The molecule has 0 fully saturated rings. The van der Waals surface area contributed by atoms with Crippen molar-refractivity contribution in [3.05, 3.63) is 48.0 Å². The smallest absolute Gasteiger partial charge is 0.231 e. The van der Waals surface area contributed by atoms with E-state index < -0.39 is 0 Å². The van der Waals surface area contributed by atoms with Crippen molar-refractivity contribution < 1.29 is 9.47 Å². The van der Waals surface area contributed by atoms with E-state index in [4.69, 9.17) is 15.2 Å². The fourth-order valence-corrected chi connectivity index (χ4v) is 2.35. The van der Waals surface area contributed by atoms with Crippen LogP contribution < -0.4 is 15.2 Å². The second kappa shape index (κ2) is 5.12. The summed E-state index contributed by atoms with van der Waals surface area (Å²) in [5.41, 5.74) is 8.41. The van der Waals surface area contributed by atoms with Gasteiger partial charge in [0.25, 0.3) is 0 Å². The summed E-state index contributed by atoms with van der Waals surface area (Å²) in [6, 6.07) is 13.4. The Kier molecular flexibility index (Phi) is 2.97. The Morgan fingerprint density at radius 2 is 1.86 bits per heavy atom. The molecule has 0 saturated carbocycles. The van der Waals surface area contributed by atoms with E-state index in [-0.39, 0.29) is 6.79 Å². The summed E-state index contributed by atoms with van der Waals surface area (Å²) in [5, 5.41) is 12.0. The predicted octanol–water partition coefficient (Wildman–Crippen LogP) is 1.52. The van der Waals surface area contributed by atoms with E-state index in [9.17, 15) is 0 Å². The Morgan fingerprint density at radius 1 is 1.05 bits per heavy atom. The van der Waals surface area contributed by atoms with Gasteiger partial charge < -0.3 is 15.2 Å². The molecule has 7 nitrogen and oxygen atoms in total. The fraction of sp³-hybridized carbons (Fsp3) is 0.133. The number of nitrogens with two attached hydrogens (primary N) is 1. The van der Waals surface area contributed by atoms with Gasteiger partial charge >= 0.3 is 0 Å². The average Bonchev–Trinajstić information content (AvgIpc) is 3.23. The molecular weight excluding hydrogens is 282 g/mol. The molecule has 2 heterocycles. The van der Waals surface area contributed by atoms with Gasteiger partial charge in [0.1, 0.15) is 0 Å². The zero-order valence-electron chi connectivity index (χ0n) is 11.6. The fourth-order valence-electron chi connectivity index (χ4n) is 2.35. The third kappa shape index (κ3) is 2.08. The predicted molar refractivity (Wildman–Crippen MR) is 78.6 cm³/mol. The van der Waals surface area contributed by atoms with Crippen LogP contribution in [0.5, 0.6) is 11.5 Å². The average molecular weight is 295 g/mol. The van der Waals surface area contributed by atoms with Gasteiger partial charge in [-0.05, 0) is 28.1 Å². The molecule has 1 aliphatic heterocycles. The lowest BCUT2D eigenvalue weighted by atomic mass is 10.1. The van der Waals surface area contributed by atoms with Gasteiger partial charge in [0, 0.05) is 18.2 Å². The zero-order chi connectivity index (χ0) is 14.9. The van der Waals surface area contributed by atoms with Crippen molar-refractivity contribution in [3.8, 4) is 28.6 Å². The standard InChI is InChI=1S/C15H13N5O2/c16-8-10-1-3-11(4-2-10)15-17-18-19-20(15)12-5-6-13-14(7-12)22-9-21-13/h1-7H,8-9,16H2. The molecule has 4 rings (SSSR count). The van der Waals surface area contributed by atoms with E-state index >= 15 is 0 Å². The van der Waals surface area contributed by atoms with Crippen LogP contribution in [0.2, 0.25) is 0 Å². The van der Waals surface area contributed by atoms with Gasteiger partial charge in [-0.1, -0.05) is 24.3 Å². The molecule has 0 aliphatic carbocycles. The molecular formula is C15H13N5O2. The van der Waals surface area contributed by atoms with Crippen molar-refractivity contribution in [1.82, 2.24) is 20.2 Å². The molecule has 0 saturated heterocycles. The summed E-state index contributed by atoms with van der Waals surface area (Å²) in [4.78, 5) is 0. The first-order valence-corrected chi connectivity index (χ1v) is 6.83. The maximum atomic E-state index is 5.62. The van der Waals surface area contributed by atoms with Crippen LogP contribution in [0.1, 0.15) is 5.56 Å². The van der Waals surface area contributed by atoms with E-state index in [0.717, 1.165) is 22.6 Å². The van der Waals surface area contributed by atoms with Gasteiger partial charge in [0.15, 0.2) is 17.3 Å². The zero-order valence-corrected chi connectivity index (χ0v) is 11.6. The number of tetrazole rings is 1. The molecule has 0 unspecified atom stereocenters. The van der Waals surface area contributed by atoms with Crippen LogP contribution in [0.15, 0.2) is 42.5 Å². The minimum atomic E-state index is 0.238. The third-order valence-corrected chi connectivity index (χ3v) is 3.52. The minimum absolute atomic E-state index is 0.238. The topological polar surface area (TPSA) is 88.1 Å². The maximum absolute atomic E-state index is 5.62.